The molecule has 28 heavy (non-hydrogen) atoms. The molecule has 0 radical (unpaired) electrons. The van der Waals surface area contributed by atoms with Crippen LogP contribution in [0.3, 0.4) is 0 Å². The second-order valence-electron chi connectivity index (χ2n) is 7.24. The third-order valence-corrected chi connectivity index (χ3v) is 4.81. The van der Waals surface area contributed by atoms with Crippen molar-refractivity contribution in [3.63, 3.8) is 0 Å². The van der Waals surface area contributed by atoms with Crippen molar-refractivity contribution in [2.24, 2.45) is 7.05 Å². The monoisotopic (exact) mass is 388 g/mol. The molecule has 1 aromatic carbocycles. The van der Waals surface area contributed by atoms with Crippen LogP contribution in [0.15, 0.2) is 29.1 Å². The maximum atomic E-state index is 12.5. The Morgan fingerprint density at radius 1 is 1.18 bits per heavy atom. The van der Waals surface area contributed by atoms with Crippen molar-refractivity contribution in [1.82, 2.24) is 20.6 Å². The molecule has 1 aromatic heterocycles. The SMILES string of the molecule is C[C@@H]1C[NH+](CCC(=O)NNC(=O)c2nn(C)c(=O)c3ccccc23)C[C@H](C)O1. The quantitative estimate of drug-likeness (QED) is 0.569. The van der Waals surface area contributed by atoms with Gasteiger partial charge in [-0.05, 0) is 19.9 Å². The fraction of sp³-hybridized carbons (Fsp3) is 0.474. The summed E-state index contributed by atoms with van der Waals surface area (Å²) in [6.07, 6.45) is 0.632. The summed E-state index contributed by atoms with van der Waals surface area (Å²) < 4.78 is 6.81. The van der Waals surface area contributed by atoms with Crippen LogP contribution in [0.4, 0.5) is 0 Å². The van der Waals surface area contributed by atoms with E-state index in [9.17, 15) is 14.4 Å². The fourth-order valence-corrected chi connectivity index (χ4v) is 3.60. The van der Waals surface area contributed by atoms with Crippen LogP contribution in [0, 0.1) is 0 Å². The van der Waals surface area contributed by atoms with Crippen molar-refractivity contribution in [3.05, 3.63) is 40.3 Å². The molecule has 1 aliphatic heterocycles. The number of benzene rings is 1. The third kappa shape index (κ3) is 4.55. The van der Waals surface area contributed by atoms with Gasteiger partial charge in [0.25, 0.3) is 11.5 Å². The standard InChI is InChI=1S/C19H25N5O4/c1-12-10-24(11-13(2)28-12)9-8-16(25)20-21-18(26)17-14-6-4-5-7-15(14)19(27)23(3)22-17/h4-7,12-13H,8-11H2,1-3H3,(H,20,25)(H,21,26)/p+1/t12-,13+. The number of aryl methyl sites for hydroxylation is 1. The number of nitrogens with one attached hydrogen (secondary N) is 3. The van der Waals surface area contributed by atoms with E-state index in [2.05, 4.69) is 16.0 Å². The highest BCUT2D eigenvalue weighted by Crippen LogP contribution is 2.12. The molecule has 0 spiro atoms. The summed E-state index contributed by atoms with van der Waals surface area (Å²) in [6.45, 7) is 6.44. The van der Waals surface area contributed by atoms with Crippen molar-refractivity contribution < 1.29 is 19.2 Å². The van der Waals surface area contributed by atoms with Gasteiger partial charge in [0.2, 0.25) is 5.91 Å². The average molecular weight is 388 g/mol. The highest BCUT2D eigenvalue weighted by atomic mass is 16.5. The van der Waals surface area contributed by atoms with Crippen molar-refractivity contribution in [1.29, 1.82) is 0 Å². The smallest absolute Gasteiger partial charge is 0.290 e. The first-order chi connectivity index (χ1) is 13.3. The summed E-state index contributed by atoms with van der Waals surface area (Å²) in [4.78, 5) is 38.1. The number of hydrazine groups is 1. The molecule has 0 saturated carbocycles. The first-order valence-corrected chi connectivity index (χ1v) is 9.39. The molecule has 1 aliphatic rings. The summed E-state index contributed by atoms with van der Waals surface area (Å²) in [7, 11) is 1.48. The third-order valence-electron chi connectivity index (χ3n) is 4.81. The second-order valence-corrected chi connectivity index (χ2v) is 7.24. The van der Waals surface area contributed by atoms with Gasteiger partial charge in [-0.15, -0.1) is 0 Å². The van der Waals surface area contributed by atoms with Gasteiger partial charge in [-0.1, -0.05) is 18.2 Å². The molecule has 3 N–H and O–H groups in total. The number of amides is 2. The Balaban J connectivity index is 1.59. The Bertz CT molecular complexity index is 932. The minimum Gasteiger partial charge on any atom is -0.364 e. The molecule has 0 aliphatic carbocycles. The molecule has 1 fully saturated rings. The number of ether oxygens (including phenoxy) is 1. The molecule has 2 aromatic rings. The maximum Gasteiger partial charge on any atom is 0.290 e. The number of fused-ring (bicyclic) bond motifs is 1. The Labute approximate surface area is 162 Å². The lowest BCUT2D eigenvalue weighted by atomic mass is 10.1. The van der Waals surface area contributed by atoms with Gasteiger partial charge in [-0.2, -0.15) is 5.10 Å². The minimum absolute atomic E-state index is 0.0828. The van der Waals surface area contributed by atoms with Crippen LogP contribution in [0.1, 0.15) is 30.8 Å². The fourth-order valence-electron chi connectivity index (χ4n) is 3.60. The number of carbonyl (C=O) groups is 2. The number of quaternary nitrogens is 1. The van der Waals surface area contributed by atoms with Gasteiger partial charge in [0.15, 0.2) is 5.69 Å². The zero-order valence-electron chi connectivity index (χ0n) is 16.3. The number of carbonyl (C=O) groups excluding carboxylic acids is 2. The van der Waals surface area contributed by atoms with Crippen LogP contribution in [-0.2, 0) is 16.6 Å². The van der Waals surface area contributed by atoms with Gasteiger partial charge in [0.1, 0.15) is 25.3 Å². The number of hydrogen-bond donors (Lipinski definition) is 3. The minimum atomic E-state index is -0.568. The summed E-state index contributed by atoms with van der Waals surface area (Å²) in [5.74, 6) is -0.845. The van der Waals surface area contributed by atoms with E-state index in [0.717, 1.165) is 17.8 Å². The molecule has 9 heteroatoms. The lowest BCUT2D eigenvalue weighted by molar-refractivity contribution is -0.914. The van der Waals surface area contributed by atoms with E-state index in [-0.39, 0.29) is 35.8 Å². The van der Waals surface area contributed by atoms with Crippen molar-refractivity contribution in [2.45, 2.75) is 32.5 Å². The van der Waals surface area contributed by atoms with Gasteiger partial charge in [0, 0.05) is 12.4 Å². The molecule has 2 heterocycles. The lowest BCUT2D eigenvalue weighted by Gasteiger charge is -2.32. The maximum absolute atomic E-state index is 12.5. The van der Waals surface area contributed by atoms with E-state index < -0.39 is 5.91 Å². The summed E-state index contributed by atoms with van der Waals surface area (Å²) in [5, 5.41) is 4.88. The molecule has 3 atom stereocenters. The highest BCUT2D eigenvalue weighted by Gasteiger charge is 2.25. The van der Waals surface area contributed by atoms with Gasteiger partial charge in [-0.25, -0.2) is 4.68 Å². The van der Waals surface area contributed by atoms with E-state index in [0.29, 0.717) is 17.3 Å². The second kappa shape index (κ2) is 8.49. The molecule has 3 rings (SSSR count). The summed E-state index contributed by atoms with van der Waals surface area (Å²) in [5.41, 5.74) is 4.62. The lowest BCUT2D eigenvalue weighted by Crippen LogP contribution is -3.15. The average Bonchev–Trinajstić information content (AvgIpc) is 2.66. The first kappa shape index (κ1) is 20.0. The van der Waals surface area contributed by atoms with Crippen molar-refractivity contribution in [2.75, 3.05) is 19.6 Å². The summed E-state index contributed by atoms with van der Waals surface area (Å²) >= 11 is 0. The Kier molecular flexibility index (Phi) is 6.05. The summed E-state index contributed by atoms with van der Waals surface area (Å²) in [6, 6.07) is 6.75. The van der Waals surface area contributed by atoms with Crippen LogP contribution in [-0.4, -0.2) is 53.4 Å². The molecule has 9 nitrogen and oxygen atoms in total. The number of hydrogen-bond acceptors (Lipinski definition) is 5. The Hall–Kier alpha value is -2.78. The molecular weight excluding hydrogens is 362 g/mol. The molecule has 2 amide bonds. The van der Waals surface area contributed by atoms with E-state index in [1.807, 2.05) is 13.8 Å². The van der Waals surface area contributed by atoms with Crippen LogP contribution < -0.4 is 21.3 Å². The Morgan fingerprint density at radius 3 is 2.50 bits per heavy atom. The number of rotatable bonds is 4. The topological polar surface area (TPSA) is 107 Å². The van der Waals surface area contributed by atoms with E-state index in [4.69, 9.17) is 4.74 Å². The number of morpholine rings is 1. The highest BCUT2D eigenvalue weighted by molar-refractivity contribution is 6.05. The molecule has 150 valence electrons. The zero-order valence-corrected chi connectivity index (χ0v) is 16.3. The predicted molar refractivity (Wildman–Crippen MR) is 103 cm³/mol. The van der Waals surface area contributed by atoms with Gasteiger partial charge in [-0.3, -0.25) is 25.2 Å². The van der Waals surface area contributed by atoms with Crippen LogP contribution >= 0.6 is 0 Å². The first-order valence-electron chi connectivity index (χ1n) is 9.39. The van der Waals surface area contributed by atoms with Crippen molar-refractivity contribution in [3.8, 4) is 0 Å². The van der Waals surface area contributed by atoms with E-state index in [1.54, 1.807) is 24.3 Å². The van der Waals surface area contributed by atoms with Crippen molar-refractivity contribution >= 4 is 22.6 Å². The van der Waals surface area contributed by atoms with Crippen LogP contribution in [0.5, 0.6) is 0 Å². The molecule has 1 unspecified atom stereocenters. The van der Waals surface area contributed by atoms with E-state index >= 15 is 0 Å². The number of aromatic nitrogens is 2. The normalized spacial score (nSPS) is 22.0. The van der Waals surface area contributed by atoms with E-state index in [1.165, 1.54) is 11.9 Å². The number of nitrogens with zero attached hydrogens (tertiary/aromatic N) is 2. The Morgan fingerprint density at radius 2 is 1.82 bits per heavy atom. The van der Waals surface area contributed by atoms with Gasteiger partial charge in [0.05, 0.1) is 18.4 Å². The molecular formula is C19H26N5O4+. The van der Waals surface area contributed by atoms with Gasteiger partial charge < -0.3 is 9.64 Å². The largest absolute Gasteiger partial charge is 0.364 e. The molecule has 1 saturated heterocycles. The predicted octanol–water partition coefficient (Wildman–Crippen LogP) is -1.22. The molecule has 0 bridgehead atoms. The van der Waals surface area contributed by atoms with Crippen LogP contribution in [0.2, 0.25) is 0 Å². The van der Waals surface area contributed by atoms with Crippen LogP contribution in [0.25, 0.3) is 10.8 Å². The zero-order chi connectivity index (χ0) is 20.3. The van der Waals surface area contributed by atoms with Gasteiger partial charge >= 0.3 is 0 Å².